The van der Waals surface area contributed by atoms with Gasteiger partial charge >= 0.3 is 12.4 Å². The maximum Gasteiger partial charge on any atom is 0.422 e. The van der Waals surface area contributed by atoms with E-state index >= 15 is 0 Å². The Morgan fingerprint density at radius 1 is 0.763 bits per heavy atom. The maximum atomic E-state index is 14.9. The molecule has 2 aromatic carbocycles. The van der Waals surface area contributed by atoms with Crippen LogP contribution < -0.4 is 31.9 Å². The zero-order valence-corrected chi connectivity index (χ0v) is 58.2. The van der Waals surface area contributed by atoms with Gasteiger partial charge in [-0.1, -0.05) is 72.4 Å². The molecule has 2 saturated heterocycles. The quantitative estimate of drug-likeness (QED) is 0.108. The van der Waals surface area contributed by atoms with E-state index in [0.29, 0.717) is 79.2 Å². The molecule has 93 heavy (non-hydrogen) atoms. The van der Waals surface area contributed by atoms with Gasteiger partial charge in [0.05, 0.1) is 5.56 Å². The Hall–Kier alpha value is -4.57. The Bertz CT molecular complexity index is 2740. The summed E-state index contributed by atoms with van der Waals surface area (Å²) in [5, 5.41) is 23.9. The number of fused-ring (bicyclic) bond motifs is 2. The molecule has 2 aliphatic carbocycles. The standard InChI is InChI=1S/C73H115F8N11O/c1-14-49(6)66-42-86-65(38-48(4)5)52(9)85-43-67-50(7)54(11)92(67)70(58-22-18-17-19-23-58)53(10)88-71(32-21-33-71)47-82-44-68(93-16-3)84-34-31-60(30-27-57-40-63(74)69(64(75)41-57)73(79,80)81)83-35-37-89(13)45-62(39-56-25-28-59(29-26-56)72(76,77)78)90(15-2)46-61-24-20-36-91(61)55(12)51(8)87-66/h25-26,28-29,31,34-35,37,40-41,45-46,48-55,58,65-68,70,82,84-88H,14-24,27,30,32-33,36,38-39,42-44,47H2,1-13H3/t49-,50+,51?,52?,53?,54?,55-,65-,66+,67?,68+,70+/m0/s1. The molecular formula is C73H115F8N11O. The highest BCUT2D eigenvalue weighted by molar-refractivity contribution is 5.95. The molecule has 5 aliphatic rings. The number of benzene rings is 2. The normalized spacial score (nSPS) is 29.1. The van der Waals surface area contributed by atoms with E-state index in [-0.39, 0.29) is 60.2 Å². The fraction of sp³-hybridized carbons (Fsp3) is 0.712. The zero-order chi connectivity index (χ0) is 67.8. The highest BCUT2D eigenvalue weighted by atomic mass is 19.4. The van der Waals surface area contributed by atoms with Crippen molar-refractivity contribution in [3.05, 3.63) is 119 Å². The monoisotopic (exact) mass is 1310 g/mol. The predicted molar refractivity (Wildman–Crippen MR) is 362 cm³/mol. The molecule has 3 heterocycles. The lowest BCUT2D eigenvalue weighted by Gasteiger charge is -2.61. The Kier molecular flexibility index (Phi) is 28.6. The number of allylic oxidation sites excluding steroid dienone is 3. The molecular weight excluding hydrogens is 1200 g/mol. The van der Waals surface area contributed by atoms with Gasteiger partial charge in [-0.05, 0) is 178 Å². The number of nitrogens with one attached hydrogen (secondary N) is 6. The molecule has 7 rings (SSSR count). The van der Waals surface area contributed by atoms with Crippen molar-refractivity contribution in [1.82, 2.24) is 51.5 Å². The number of hydrogen-bond donors (Lipinski definition) is 6. The van der Waals surface area contributed by atoms with Crippen molar-refractivity contribution in [3.63, 3.8) is 0 Å². The fourth-order valence-electron chi connectivity index (χ4n) is 15.1. The molecule has 1 spiro atoms. The van der Waals surface area contributed by atoms with Crippen molar-refractivity contribution >= 4 is 5.71 Å². The van der Waals surface area contributed by atoms with Gasteiger partial charge in [-0.25, -0.2) is 8.78 Å². The van der Waals surface area contributed by atoms with E-state index in [1.807, 2.05) is 25.1 Å². The number of alkyl halides is 6. The van der Waals surface area contributed by atoms with E-state index in [4.69, 9.17) is 9.73 Å². The summed E-state index contributed by atoms with van der Waals surface area (Å²) < 4.78 is 118. The van der Waals surface area contributed by atoms with Crippen LogP contribution in [0.3, 0.4) is 0 Å². The molecule has 5 unspecified atom stereocenters. The van der Waals surface area contributed by atoms with E-state index in [0.717, 1.165) is 101 Å². The first-order chi connectivity index (χ1) is 44.1. The Labute approximate surface area is 553 Å². The Morgan fingerprint density at radius 3 is 2.08 bits per heavy atom. The second-order valence-corrected chi connectivity index (χ2v) is 28.4. The molecule has 4 fully saturated rings. The van der Waals surface area contributed by atoms with Crippen molar-refractivity contribution in [2.75, 3.05) is 52.9 Å². The van der Waals surface area contributed by atoms with Crippen LogP contribution >= 0.6 is 0 Å². The van der Waals surface area contributed by atoms with Crippen LogP contribution in [0, 0.1) is 35.3 Å². The summed E-state index contributed by atoms with van der Waals surface area (Å²) >= 11 is 0. The van der Waals surface area contributed by atoms with Gasteiger partial charge in [0.2, 0.25) is 0 Å². The molecule has 0 amide bonds. The molecule has 12 atom stereocenters. The van der Waals surface area contributed by atoms with Crippen molar-refractivity contribution in [2.45, 2.75) is 258 Å². The molecule has 6 N–H and O–H groups in total. The first-order valence-electron chi connectivity index (χ1n) is 35.3. The number of hydrogen-bond acceptors (Lipinski definition) is 12. The molecule has 3 aliphatic heterocycles. The second kappa shape index (κ2) is 35.1. The Morgan fingerprint density at radius 2 is 1.46 bits per heavy atom. The number of ether oxygens (including phenoxy) is 1. The predicted octanol–water partition coefficient (Wildman–Crippen LogP) is 14.5. The van der Waals surface area contributed by atoms with Crippen molar-refractivity contribution < 1.29 is 39.9 Å². The molecule has 0 radical (unpaired) electrons. The van der Waals surface area contributed by atoms with Crippen molar-refractivity contribution in [1.29, 1.82) is 0 Å². The molecule has 0 bridgehead atoms. The first-order valence-corrected chi connectivity index (χ1v) is 35.3. The van der Waals surface area contributed by atoms with Gasteiger partial charge in [-0.3, -0.25) is 9.89 Å². The summed E-state index contributed by atoms with van der Waals surface area (Å²) in [7, 11) is 1.84. The second-order valence-electron chi connectivity index (χ2n) is 28.4. The third-order valence-corrected chi connectivity index (χ3v) is 21.2. The maximum absolute atomic E-state index is 14.9. The number of likely N-dealkylation sites (N-methyl/N-ethyl adjacent to an activating group) is 1. The molecule has 2 aromatic rings. The smallest absolute Gasteiger partial charge is 0.369 e. The third kappa shape index (κ3) is 21.2. The van der Waals surface area contributed by atoms with Crippen LogP contribution in [0.5, 0.6) is 0 Å². The lowest BCUT2D eigenvalue weighted by atomic mass is 9.71. The number of halogens is 8. The molecule has 0 aromatic heterocycles. The first kappa shape index (κ1) is 75.8. The van der Waals surface area contributed by atoms with Crippen LogP contribution in [-0.2, 0) is 29.9 Å². The highest BCUT2D eigenvalue weighted by Crippen LogP contribution is 2.43. The van der Waals surface area contributed by atoms with Crippen LogP contribution in [0.25, 0.3) is 0 Å². The number of rotatable bonds is 13. The van der Waals surface area contributed by atoms with Crippen LogP contribution in [-0.4, -0.2) is 144 Å². The van der Waals surface area contributed by atoms with Crippen molar-refractivity contribution in [2.24, 2.45) is 28.7 Å². The average Bonchev–Trinajstić information content (AvgIpc) is 0.944. The Balaban J connectivity index is 1.24. The summed E-state index contributed by atoms with van der Waals surface area (Å²) in [6, 6.07) is 9.23. The van der Waals surface area contributed by atoms with Gasteiger partial charge < -0.3 is 51.3 Å². The van der Waals surface area contributed by atoms with E-state index in [2.05, 4.69) is 129 Å². The molecule has 12 nitrogen and oxygen atoms in total. The fourth-order valence-corrected chi connectivity index (χ4v) is 15.1. The van der Waals surface area contributed by atoms with E-state index in [1.165, 1.54) is 49.9 Å². The topological polar surface area (TPSA) is 107 Å². The molecule has 2 saturated carbocycles. The largest absolute Gasteiger partial charge is 0.422 e. The van der Waals surface area contributed by atoms with E-state index in [9.17, 15) is 35.1 Å². The van der Waals surface area contributed by atoms with Crippen LogP contribution in [0.2, 0.25) is 0 Å². The minimum absolute atomic E-state index is 0.0207. The highest BCUT2D eigenvalue weighted by Gasteiger charge is 2.51. The van der Waals surface area contributed by atoms with Crippen LogP contribution in [0.15, 0.2) is 89.9 Å². The minimum Gasteiger partial charge on any atom is -0.369 e. The number of nitrogens with zero attached hydrogens (tertiary/aromatic N) is 5. The minimum atomic E-state index is -5.20. The van der Waals surface area contributed by atoms with E-state index in [1.54, 1.807) is 24.7 Å². The van der Waals surface area contributed by atoms with Gasteiger partial charge in [0.25, 0.3) is 0 Å². The lowest BCUT2D eigenvalue weighted by Crippen LogP contribution is -2.74. The van der Waals surface area contributed by atoms with Crippen molar-refractivity contribution in [3.8, 4) is 0 Å². The molecule has 20 heteroatoms. The van der Waals surface area contributed by atoms with Gasteiger partial charge in [-0.2, -0.15) is 26.3 Å². The summed E-state index contributed by atoms with van der Waals surface area (Å²) in [6.07, 6.45) is 14.7. The van der Waals surface area contributed by atoms with Crippen LogP contribution in [0.1, 0.15) is 189 Å². The van der Waals surface area contributed by atoms with Gasteiger partial charge in [0, 0.05) is 167 Å². The van der Waals surface area contributed by atoms with E-state index < -0.39 is 41.3 Å². The lowest BCUT2D eigenvalue weighted by molar-refractivity contribution is -0.142. The number of aliphatic imine (C=N–C) groups is 1. The van der Waals surface area contributed by atoms with Gasteiger partial charge in [-0.15, -0.1) is 0 Å². The summed E-state index contributed by atoms with van der Waals surface area (Å²) in [5.41, 5.74) is 0.457. The summed E-state index contributed by atoms with van der Waals surface area (Å²) in [6.45, 7) is 32.5. The third-order valence-electron chi connectivity index (χ3n) is 21.2. The summed E-state index contributed by atoms with van der Waals surface area (Å²) in [4.78, 5) is 14.2. The van der Waals surface area contributed by atoms with Crippen LogP contribution in [0.4, 0.5) is 35.1 Å². The van der Waals surface area contributed by atoms with Gasteiger partial charge in [0.1, 0.15) is 23.4 Å². The SMILES string of the molecule is CCO[C@@H]1CNCC2(CCC2)NC(C)[C@H](C2CCCCC2)N2C(C)[C@@H](C)C2CNC(C)[C@H](CC(C)C)NC[C@H]([C@@H](C)CC)NC(C)[C@H](C)N2CCCC2=CN(CC)C(Cc2ccc(C(F)(F)F)cc2)=CN(C)C=CN=C(CCc2cc(F)c(C(F)(F)F)c(F)c2)C=CN1. The van der Waals surface area contributed by atoms with Gasteiger partial charge in [0.15, 0.2) is 0 Å². The molecule has 524 valence electrons. The average molecular weight is 1310 g/mol. The zero-order valence-electron chi connectivity index (χ0n) is 58.2. The summed E-state index contributed by atoms with van der Waals surface area (Å²) in [5.74, 6) is -1.28. The number of aryl methyl sites for hydroxylation is 1.